The first-order chi connectivity index (χ1) is 10.9. The third-order valence-electron chi connectivity index (χ3n) is 3.94. The number of carbonyl (C=O) groups is 1. The number of hydrogen-bond donors (Lipinski definition) is 0. The Bertz CT molecular complexity index is 599. The highest BCUT2D eigenvalue weighted by atomic mass is 16.6. The Kier molecular flexibility index (Phi) is 5.25. The van der Waals surface area contributed by atoms with Gasteiger partial charge in [0, 0.05) is 24.7 Å². The predicted octanol–water partition coefficient (Wildman–Crippen LogP) is 3.30. The summed E-state index contributed by atoms with van der Waals surface area (Å²) < 4.78 is 0. The molecule has 23 heavy (non-hydrogen) atoms. The van der Waals surface area contributed by atoms with Crippen LogP contribution < -0.4 is 0 Å². The summed E-state index contributed by atoms with van der Waals surface area (Å²) in [5, 5.41) is 21.7. The molecule has 1 aliphatic heterocycles. The molecule has 1 amide bonds. The molecule has 2 rings (SSSR count). The van der Waals surface area contributed by atoms with Gasteiger partial charge < -0.3 is 4.90 Å². The van der Waals surface area contributed by atoms with E-state index in [-0.39, 0.29) is 17.5 Å². The van der Waals surface area contributed by atoms with E-state index in [0.29, 0.717) is 6.54 Å². The number of non-ortho nitro benzene ring substituents is 2. The van der Waals surface area contributed by atoms with Crippen molar-refractivity contribution < 1.29 is 14.6 Å². The van der Waals surface area contributed by atoms with Crippen molar-refractivity contribution in [2.45, 2.75) is 45.1 Å². The van der Waals surface area contributed by atoms with E-state index >= 15 is 0 Å². The maximum atomic E-state index is 12.3. The van der Waals surface area contributed by atoms with Gasteiger partial charge in [-0.05, 0) is 6.42 Å². The zero-order chi connectivity index (χ0) is 17.0. The van der Waals surface area contributed by atoms with Crippen LogP contribution in [0.4, 0.5) is 11.4 Å². The molecule has 0 N–H and O–H groups in total. The lowest BCUT2D eigenvalue weighted by atomic mass is 10.1. The van der Waals surface area contributed by atoms with Crippen molar-refractivity contribution in [1.82, 2.24) is 4.90 Å². The monoisotopic (exact) mass is 321 g/mol. The normalized spacial score (nSPS) is 16.2. The first-order valence-corrected chi connectivity index (χ1v) is 7.69. The van der Waals surface area contributed by atoms with Crippen molar-refractivity contribution in [2.75, 3.05) is 6.54 Å². The third-order valence-corrected chi connectivity index (χ3v) is 3.94. The van der Waals surface area contributed by atoms with Gasteiger partial charge in [0.15, 0.2) is 0 Å². The second-order valence-corrected chi connectivity index (χ2v) is 5.71. The quantitative estimate of drug-likeness (QED) is 0.316. The molecule has 1 saturated heterocycles. The van der Waals surface area contributed by atoms with Gasteiger partial charge in [-0.15, -0.1) is 0 Å². The standard InChI is InChI=1S/C15H19N3O5/c1-2-3-4-5-6-12-10-16(12)15(19)11-7-13(17(20)21)9-14(8-11)18(22)23/h7-9,12H,2-6,10H2,1H3. The molecule has 1 unspecified atom stereocenters. The summed E-state index contributed by atoms with van der Waals surface area (Å²) in [7, 11) is 0. The molecule has 0 radical (unpaired) electrons. The van der Waals surface area contributed by atoms with Crippen molar-refractivity contribution in [3.8, 4) is 0 Å². The molecule has 0 spiro atoms. The van der Waals surface area contributed by atoms with Crippen molar-refractivity contribution >= 4 is 17.3 Å². The molecular formula is C15H19N3O5. The van der Waals surface area contributed by atoms with E-state index in [1.165, 1.54) is 0 Å². The maximum Gasteiger partial charge on any atom is 0.277 e. The number of benzene rings is 1. The average Bonchev–Trinajstić information content (AvgIpc) is 3.29. The second-order valence-electron chi connectivity index (χ2n) is 5.71. The largest absolute Gasteiger partial charge is 0.332 e. The number of hydrogen-bond acceptors (Lipinski definition) is 5. The first-order valence-electron chi connectivity index (χ1n) is 7.69. The van der Waals surface area contributed by atoms with E-state index in [4.69, 9.17) is 0 Å². The fourth-order valence-corrected chi connectivity index (χ4v) is 2.58. The Morgan fingerprint density at radius 2 is 1.74 bits per heavy atom. The van der Waals surface area contributed by atoms with E-state index in [2.05, 4.69) is 6.92 Å². The number of nitrogens with zero attached hydrogens (tertiary/aromatic N) is 3. The van der Waals surface area contributed by atoms with Crippen LogP contribution in [0.25, 0.3) is 0 Å². The third kappa shape index (κ3) is 4.24. The molecule has 8 heteroatoms. The van der Waals surface area contributed by atoms with Gasteiger partial charge in [0.2, 0.25) is 0 Å². The second kappa shape index (κ2) is 7.17. The van der Waals surface area contributed by atoms with Crippen LogP contribution in [-0.4, -0.2) is 33.2 Å². The summed E-state index contributed by atoms with van der Waals surface area (Å²) >= 11 is 0. The fraction of sp³-hybridized carbons (Fsp3) is 0.533. The molecule has 1 fully saturated rings. The van der Waals surface area contributed by atoms with Crippen LogP contribution in [0.1, 0.15) is 49.4 Å². The fourth-order valence-electron chi connectivity index (χ4n) is 2.58. The van der Waals surface area contributed by atoms with Gasteiger partial charge in [-0.25, -0.2) is 0 Å². The average molecular weight is 321 g/mol. The molecule has 1 heterocycles. The Morgan fingerprint density at radius 1 is 1.13 bits per heavy atom. The summed E-state index contributed by atoms with van der Waals surface area (Å²) in [5.74, 6) is -0.378. The van der Waals surface area contributed by atoms with Gasteiger partial charge in [-0.1, -0.05) is 32.6 Å². The molecule has 0 aliphatic carbocycles. The number of rotatable bonds is 8. The number of nitro groups is 2. The summed E-state index contributed by atoms with van der Waals surface area (Å²) in [6, 6.07) is 3.21. The van der Waals surface area contributed by atoms with Gasteiger partial charge in [0.25, 0.3) is 17.3 Å². The van der Waals surface area contributed by atoms with Crippen molar-refractivity contribution in [3.63, 3.8) is 0 Å². The summed E-state index contributed by atoms with van der Waals surface area (Å²) in [6.07, 6.45) is 5.37. The molecule has 124 valence electrons. The highest BCUT2D eigenvalue weighted by molar-refractivity contribution is 5.97. The number of carbonyl (C=O) groups excluding carboxylic acids is 1. The van der Waals surface area contributed by atoms with Gasteiger partial charge >= 0.3 is 0 Å². The molecule has 0 aromatic heterocycles. The Morgan fingerprint density at radius 3 is 2.26 bits per heavy atom. The van der Waals surface area contributed by atoms with Crippen molar-refractivity contribution in [1.29, 1.82) is 0 Å². The lowest BCUT2D eigenvalue weighted by Gasteiger charge is -2.05. The number of unbranched alkanes of at least 4 members (excludes halogenated alkanes) is 3. The number of nitro benzene ring substituents is 2. The molecule has 0 saturated carbocycles. The predicted molar refractivity (Wildman–Crippen MR) is 83.3 cm³/mol. The topological polar surface area (TPSA) is 106 Å². The van der Waals surface area contributed by atoms with Crippen molar-refractivity contribution in [3.05, 3.63) is 44.0 Å². The molecule has 1 aliphatic rings. The van der Waals surface area contributed by atoms with E-state index in [1.54, 1.807) is 4.90 Å². The minimum Gasteiger partial charge on any atom is -0.332 e. The van der Waals surface area contributed by atoms with Crippen LogP contribution >= 0.6 is 0 Å². The van der Waals surface area contributed by atoms with Crippen molar-refractivity contribution in [2.24, 2.45) is 0 Å². The van der Waals surface area contributed by atoms with Crippen LogP contribution in [0.3, 0.4) is 0 Å². The van der Waals surface area contributed by atoms with Gasteiger partial charge in [-0.3, -0.25) is 25.0 Å². The highest BCUT2D eigenvalue weighted by Gasteiger charge is 2.38. The van der Waals surface area contributed by atoms with Crippen LogP contribution in [-0.2, 0) is 0 Å². The Labute approximate surface area is 133 Å². The zero-order valence-electron chi connectivity index (χ0n) is 12.9. The highest BCUT2D eigenvalue weighted by Crippen LogP contribution is 2.29. The molecular weight excluding hydrogens is 302 g/mol. The van der Waals surface area contributed by atoms with E-state index < -0.39 is 21.2 Å². The van der Waals surface area contributed by atoms with E-state index in [9.17, 15) is 25.0 Å². The lowest BCUT2D eigenvalue weighted by molar-refractivity contribution is -0.394. The van der Waals surface area contributed by atoms with Gasteiger partial charge in [-0.2, -0.15) is 0 Å². The molecule has 1 aromatic rings. The van der Waals surface area contributed by atoms with Gasteiger partial charge in [0.05, 0.1) is 21.5 Å². The van der Waals surface area contributed by atoms with E-state index in [0.717, 1.165) is 50.3 Å². The smallest absolute Gasteiger partial charge is 0.277 e. The molecule has 0 bridgehead atoms. The van der Waals surface area contributed by atoms with Crippen LogP contribution in [0, 0.1) is 20.2 Å². The SMILES string of the molecule is CCCCCCC1CN1C(=O)c1cc([N+](=O)[O-])cc([N+](=O)[O-])c1. The Hall–Kier alpha value is -2.51. The van der Waals surface area contributed by atoms with Crippen LogP contribution in [0.15, 0.2) is 18.2 Å². The molecule has 1 aromatic carbocycles. The van der Waals surface area contributed by atoms with Gasteiger partial charge in [0.1, 0.15) is 0 Å². The first kappa shape index (κ1) is 16.9. The summed E-state index contributed by atoms with van der Waals surface area (Å²) in [6.45, 7) is 2.74. The molecule has 8 nitrogen and oxygen atoms in total. The van der Waals surface area contributed by atoms with E-state index in [1.807, 2.05) is 0 Å². The van der Waals surface area contributed by atoms with Crippen LogP contribution in [0.5, 0.6) is 0 Å². The lowest BCUT2D eigenvalue weighted by Crippen LogP contribution is -2.14. The Balaban J connectivity index is 2.05. The summed E-state index contributed by atoms with van der Waals surface area (Å²) in [5.41, 5.74) is -0.880. The van der Waals surface area contributed by atoms with Crippen LogP contribution in [0.2, 0.25) is 0 Å². The minimum absolute atomic E-state index is 0.00181. The zero-order valence-corrected chi connectivity index (χ0v) is 12.9. The maximum absolute atomic E-state index is 12.3. The number of amides is 1. The molecule has 1 atom stereocenters. The minimum atomic E-state index is -0.728. The summed E-state index contributed by atoms with van der Waals surface area (Å²) in [4.78, 5) is 34.2.